The van der Waals surface area contributed by atoms with Crippen molar-refractivity contribution >= 4 is 24.8 Å². The van der Waals surface area contributed by atoms with Gasteiger partial charge in [0, 0.05) is 0 Å². The fourth-order valence-electron chi connectivity index (χ4n) is 1.68. The van der Waals surface area contributed by atoms with Crippen molar-refractivity contribution < 1.29 is 21.7 Å². The third-order valence-electron chi connectivity index (χ3n) is 3.00. The molecule has 0 saturated heterocycles. The van der Waals surface area contributed by atoms with Gasteiger partial charge in [0.15, 0.2) is 0 Å². The minimum absolute atomic E-state index is 0. The fourth-order valence-corrected chi connectivity index (χ4v) is 1.68. The smallest absolute Gasteiger partial charge is 0.273 e. The van der Waals surface area contributed by atoms with Gasteiger partial charge in [-0.1, -0.05) is 41.5 Å². The van der Waals surface area contributed by atoms with Gasteiger partial charge >= 0.3 is 21.7 Å². The van der Waals surface area contributed by atoms with Crippen molar-refractivity contribution in [3.63, 3.8) is 0 Å². The Morgan fingerprint density at radius 3 is 1.55 bits per heavy atom. The Hall–Kier alpha value is -0.00571. The van der Waals surface area contributed by atoms with Crippen LogP contribution in [0.25, 0.3) is 0 Å². The van der Waals surface area contributed by atoms with E-state index < -0.39 is 0 Å². The number of benzene rings is 1. The van der Waals surface area contributed by atoms with Crippen LogP contribution in [0, 0.1) is 12.1 Å². The van der Waals surface area contributed by atoms with Crippen molar-refractivity contribution in [3.8, 4) is 0 Å². The Kier molecular flexibility index (Phi) is 14.1. The van der Waals surface area contributed by atoms with Gasteiger partial charge in [0.2, 0.25) is 0 Å². The summed E-state index contributed by atoms with van der Waals surface area (Å²) >= 11 is 0. The molecule has 122 valence electrons. The van der Waals surface area contributed by atoms with Crippen LogP contribution in [0.15, 0.2) is 36.4 Å². The predicted molar refractivity (Wildman–Crippen MR) is 98.7 cm³/mol. The molecule has 3 heteroatoms. The molecule has 0 spiro atoms. The Morgan fingerprint density at radius 1 is 0.864 bits per heavy atom. The summed E-state index contributed by atoms with van der Waals surface area (Å²) < 4.78 is 0. The molecule has 0 amide bonds. The van der Waals surface area contributed by atoms with Crippen LogP contribution in [0.1, 0.15) is 59.1 Å². The van der Waals surface area contributed by atoms with Gasteiger partial charge in [-0.05, 0) is 10.8 Å². The Balaban J connectivity index is -0.000000388. The third-order valence-corrected chi connectivity index (χ3v) is 3.00. The first kappa shape index (κ1) is 26.9. The van der Waals surface area contributed by atoms with E-state index >= 15 is 0 Å². The van der Waals surface area contributed by atoms with Crippen LogP contribution in [-0.2, 0) is 32.5 Å². The molecule has 2 rings (SSSR count). The molecular formula is C19H28Cl2Ti. The van der Waals surface area contributed by atoms with Crippen molar-refractivity contribution in [3.05, 3.63) is 59.7 Å². The largest absolute Gasteiger partial charge is 2.00 e. The maximum atomic E-state index is 3.52. The first-order valence-corrected chi connectivity index (χ1v) is 6.96. The van der Waals surface area contributed by atoms with Gasteiger partial charge in [0.1, 0.15) is 0 Å². The molecule has 0 atom stereocenters. The molecule has 0 N–H and O–H groups in total. The summed E-state index contributed by atoms with van der Waals surface area (Å²) in [6.45, 7) is 13.4. The zero-order chi connectivity index (χ0) is 14.5. The first-order valence-electron chi connectivity index (χ1n) is 6.96. The molecule has 1 aliphatic carbocycles. The van der Waals surface area contributed by atoms with Crippen LogP contribution in [0.5, 0.6) is 0 Å². The van der Waals surface area contributed by atoms with Crippen molar-refractivity contribution in [1.29, 1.82) is 0 Å². The van der Waals surface area contributed by atoms with E-state index in [1.807, 2.05) is 12.2 Å². The number of hydrogen-bond acceptors (Lipinski definition) is 0. The van der Waals surface area contributed by atoms with Gasteiger partial charge in [0.05, 0.1) is 0 Å². The van der Waals surface area contributed by atoms with E-state index in [1.54, 1.807) is 0 Å². The molecule has 0 nitrogen and oxygen atoms in total. The number of rotatable bonds is 0. The molecule has 1 aliphatic rings. The normalized spacial score (nSPS) is 12.3. The monoisotopic (exact) mass is 374 g/mol. The van der Waals surface area contributed by atoms with E-state index in [-0.39, 0.29) is 57.4 Å². The topological polar surface area (TPSA) is 0 Å². The molecule has 1 aromatic rings. The fraction of sp³-hybridized carbons (Fsp3) is 0.474. The van der Waals surface area contributed by atoms with Crippen LogP contribution >= 0.6 is 24.8 Å². The van der Waals surface area contributed by atoms with Gasteiger partial charge in [-0.25, -0.2) is 12.2 Å². The average molecular weight is 375 g/mol. The zero-order valence-corrected chi connectivity index (χ0v) is 17.7. The molecule has 0 radical (unpaired) electrons. The quantitative estimate of drug-likeness (QED) is 0.373. The average Bonchev–Trinajstić information content (AvgIpc) is 2.85. The standard InChI is InChI=1S/C14H21.C5H5.2ClH.Ti/c1-13(2,3)11-8-7-9-12(10-11)14(4,5)6;1-2-4-5-3-1;;;/h7-9H,1-6H3;1-3H,4H2;2*1H;/q2*-1;;;+2. The van der Waals surface area contributed by atoms with E-state index in [4.69, 9.17) is 0 Å². The van der Waals surface area contributed by atoms with Crippen molar-refractivity contribution in [2.45, 2.75) is 58.8 Å². The molecular weight excluding hydrogens is 347 g/mol. The van der Waals surface area contributed by atoms with Crippen molar-refractivity contribution in [2.75, 3.05) is 0 Å². The van der Waals surface area contributed by atoms with Gasteiger partial charge in [-0.2, -0.15) is 41.5 Å². The summed E-state index contributed by atoms with van der Waals surface area (Å²) in [6, 6.07) is 9.98. The van der Waals surface area contributed by atoms with Gasteiger partial charge in [-0.15, -0.1) is 31.2 Å². The molecule has 0 heterocycles. The van der Waals surface area contributed by atoms with E-state index in [2.05, 4.69) is 78.0 Å². The van der Waals surface area contributed by atoms with E-state index in [9.17, 15) is 0 Å². The minimum Gasteiger partial charge on any atom is -0.273 e. The minimum atomic E-state index is 0. The van der Waals surface area contributed by atoms with Crippen LogP contribution in [0.4, 0.5) is 0 Å². The summed E-state index contributed by atoms with van der Waals surface area (Å²) in [5, 5.41) is 0. The first-order chi connectivity index (χ1) is 8.71. The summed E-state index contributed by atoms with van der Waals surface area (Å²) in [5.74, 6) is 0. The SMILES string of the molecule is CC(C)(C)c1[c-]c(C(C)(C)C)ccc1.Cl.Cl.[C-]1=CC=CC1.[Ti+2]. The van der Waals surface area contributed by atoms with E-state index in [1.165, 1.54) is 11.1 Å². The Bertz CT molecular complexity index is 424. The van der Waals surface area contributed by atoms with Crippen molar-refractivity contribution in [2.24, 2.45) is 0 Å². The molecule has 0 unspecified atom stereocenters. The molecule has 22 heavy (non-hydrogen) atoms. The molecule has 1 aromatic carbocycles. The number of allylic oxidation sites excluding steroid dienone is 4. The summed E-state index contributed by atoms with van der Waals surface area (Å²) in [6.07, 6.45) is 10.0. The second-order valence-corrected chi connectivity index (χ2v) is 6.98. The van der Waals surface area contributed by atoms with Gasteiger partial charge in [0.25, 0.3) is 0 Å². The van der Waals surface area contributed by atoms with E-state index in [0.717, 1.165) is 6.42 Å². The maximum Gasteiger partial charge on any atom is 2.00 e. The summed E-state index contributed by atoms with van der Waals surface area (Å²) in [4.78, 5) is 0. The van der Waals surface area contributed by atoms with Crippen LogP contribution in [-0.4, -0.2) is 0 Å². The van der Waals surface area contributed by atoms with Crippen LogP contribution in [0.2, 0.25) is 0 Å². The molecule has 0 saturated carbocycles. The second-order valence-electron chi connectivity index (χ2n) is 6.98. The molecule has 0 bridgehead atoms. The predicted octanol–water partition coefficient (Wildman–Crippen LogP) is 6.23. The van der Waals surface area contributed by atoms with Gasteiger partial charge < -0.3 is 0 Å². The zero-order valence-electron chi connectivity index (χ0n) is 14.5. The van der Waals surface area contributed by atoms with Crippen LogP contribution < -0.4 is 0 Å². The third kappa shape index (κ3) is 9.90. The Morgan fingerprint density at radius 2 is 1.32 bits per heavy atom. The summed E-state index contributed by atoms with van der Waals surface area (Å²) in [7, 11) is 0. The summed E-state index contributed by atoms with van der Waals surface area (Å²) in [5.41, 5.74) is 2.98. The number of halogens is 2. The molecule has 0 aromatic heterocycles. The second kappa shape index (κ2) is 11.5. The van der Waals surface area contributed by atoms with E-state index in [0.29, 0.717) is 0 Å². The molecule has 0 fully saturated rings. The maximum absolute atomic E-state index is 3.52. The van der Waals surface area contributed by atoms with Gasteiger partial charge in [-0.3, -0.25) is 6.08 Å². The van der Waals surface area contributed by atoms with Crippen molar-refractivity contribution in [1.82, 2.24) is 0 Å². The molecule has 0 aliphatic heterocycles. The Labute approximate surface area is 164 Å². The van der Waals surface area contributed by atoms with Crippen LogP contribution in [0.3, 0.4) is 0 Å². The number of hydrogen-bond donors (Lipinski definition) is 0.